The van der Waals surface area contributed by atoms with Gasteiger partial charge in [0.05, 0.1) is 23.9 Å². The topological polar surface area (TPSA) is 84.4 Å². The number of carbonyl (C=O) groups excluding carboxylic acids is 2. The maximum absolute atomic E-state index is 12.6. The summed E-state index contributed by atoms with van der Waals surface area (Å²) in [6, 6.07) is 16.6. The van der Waals surface area contributed by atoms with Crippen molar-refractivity contribution < 1.29 is 14.3 Å². The first-order valence-corrected chi connectivity index (χ1v) is 8.64. The van der Waals surface area contributed by atoms with Crippen LogP contribution >= 0.6 is 0 Å². The van der Waals surface area contributed by atoms with E-state index in [1.807, 2.05) is 30.3 Å². The molecule has 0 radical (unpaired) electrons. The van der Waals surface area contributed by atoms with Gasteiger partial charge in [0.1, 0.15) is 0 Å². The van der Waals surface area contributed by atoms with Crippen LogP contribution in [0.5, 0.6) is 0 Å². The summed E-state index contributed by atoms with van der Waals surface area (Å²) in [5.41, 5.74) is 2.31. The molecule has 0 spiro atoms. The Hall–Kier alpha value is -3.74. The van der Waals surface area contributed by atoms with Crippen LogP contribution < -0.4 is 5.32 Å². The van der Waals surface area contributed by atoms with Gasteiger partial charge >= 0.3 is 5.97 Å². The van der Waals surface area contributed by atoms with Crippen LogP contribution in [0.25, 0.3) is 0 Å². The van der Waals surface area contributed by atoms with Crippen molar-refractivity contribution in [2.24, 2.45) is 0 Å². The fraction of sp³-hybridized carbons (Fsp3) is 0.143. The fourth-order valence-corrected chi connectivity index (χ4v) is 2.65. The van der Waals surface area contributed by atoms with Crippen molar-refractivity contribution in [2.75, 3.05) is 19.5 Å². The lowest BCUT2D eigenvalue weighted by Crippen LogP contribution is -2.26. The molecule has 0 saturated carbocycles. The van der Waals surface area contributed by atoms with Gasteiger partial charge in [-0.05, 0) is 17.7 Å². The van der Waals surface area contributed by atoms with Gasteiger partial charge in [-0.25, -0.2) is 14.8 Å². The van der Waals surface area contributed by atoms with E-state index in [4.69, 9.17) is 4.74 Å². The van der Waals surface area contributed by atoms with Crippen molar-refractivity contribution in [3.63, 3.8) is 0 Å². The van der Waals surface area contributed by atoms with Gasteiger partial charge < -0.3 is 15.0 Å². The molecule has 3 rings (SSSR count). The van der Waals surface area contributed by atoms with Crippen molar-refractivity contribution in [3.05, 3.63) is 83.7 Å². The van der Waals surface area contributed by atoms with Crippen LogP contribution in [-0.4, -0.2) is 40.9 Å². The van der Waals surface area contributed by atoms with E-state index in [0.29, 0.717) is 23.4 Å². The van der Waals surface area contributed by atoms with Crippen LogP contribution in [0.15, 0.2) is 67.0 Å². The third-order valence-corrected chi connectivity index (χ3v) is 4.09. The first kappa shape index (κ1) is 19.0. The Labute approximate surface area is 163 Å². The second kappa shape index (κ2) is 8.77. The minimum atomic E-state index is -0.461. The number of carbonyl (C=O) groups is 2. The molecule has 0 unspecified atom stereocenters. The summed E-state index contributed by atoms with van der Waals surface area (Å²) in [7, 11) is 3.05. The zero-order valence-corrected chi connectivity index (χ0v) is 15.6. The molecule has 1 amide bonds. The van der Waals surface area contributed by atoms with Crippen LogP contribution in [-0.2, 0) is 11.3 Å². The third-order valence-electron chi connectivity index (χ3n) is 4.09. The number of esters is 1. The molecule has 3 aromatic rings. The monoisotopic (exact) mass is 376 g/mol. The van der Waals surface area contributed by atoms with Gasteiger partial charge in [-0.1, -0.05) is 42.5 Å². The molecular weight excluding hydrogens is 356 g/mol. The summed E-state index contributed by atoms with van der Waals surface area (Å²) in [6.45, 7) is 0.492. The number of benzene rings is 2. The summed E-state index contributed by atoms with van der Waals surface area (Å²) < 4.78 is 4.77. The highest BCUT2D eigenvalue weighted by molar-refractivity contribution is 5.96. The number of nitrogens with zero attached hydrogens (tertiary/aromatic N) is 3. The molecule has 0 saturated heterocycles. The number of amides is 1. The van der Waals surface area contributed by atoms with Gasteiger partial charge in [0.25, 0.3) is 5.91 Å². The Morgan fingerprint density at radius 3 is 2.32 bits per heavy atom. The van der Waals surface area contributed by atoms with Crippen molar-refractivity contribution in [2.45, 2.75) is 6.54 Å². The van der Waals surface area contributed by atoms with Crippen molar-refractivity contribution in [1.82, 2.24) is 14.9 Å². The predicted molar refractivity (Wildman–Crippen MR) is 105 cm³/mol. The quantitative estimate of drug-likeness (QED) is 0.665. The number of nitrogens with one attached hydrogen (secondary N) is 1. The average molecular weight is 376 g/mol. The highest BCUT2D eigenvalue weighted by Crippen LogP contribution is 2.19. The molecule has 142 valence electrons. The van der Waals surface area contributed by atoms with Crippen LogP contribution in [0.3, 0.4) is 0 Å². The first-order valence-electron chi connectivity index (χ1n) is 8.64. The zero-order valence-electron chi connectivity index (χ0n) is 15.6. The number of methoxy groups -OCH3 is 1. The number of hydrogen-bond acceptors (Lipinski definition) is 6. The number of rotatable bonds is 6. The van der Waals surface area contributed by atoms with Gasteiger partial charge in [0.2, 0.25) is 5.95 Å². The summed E-state index contributed by atoms with van der Waals surface area (Å²) in [4.78, 5) is 34.4. The SMILES string of the molecule is COC(=O)c1ccccc1Nc1ncc(C(=O)N(C)Cc2ccccc2)cn1. The molecule has 2 aromatic carbocycles. The number of para-hydroxylation sites is 1. The van der Waals surface area contributed by atoms with E-state index in [9.17, 15) is 9.59 Å². The van der Waals surface area contributed by atoms with Crippen molar-refractivity contribution in [3.8, 4) is 0 Å². The van der Waals surface area contributed by atoms with Crippen LogP contribution in [0.1, 0.15) is 26.3 Å². The molecule has 0 aliphatic carbocycles. The maximum atomic E-state index is 12.6. The first-order chi connectivity index (χ1) is 13.6. The zero-order chi connectivity index (χ0) is 19.9. The van der Waals surface area contributed by atoms with Crippen LogP contribution in [0, 0.1) is 0 Å². The number of ether oxygens (including phenoxy) is 1. The predicted octanol–water partition coefficient (Wildman–Crippen LogP) is 3.28. The van der Waals surface area contributed by atoms with E-state index in [-0.39, 0.29) is 11.9 Å². The Morgan fingerprint density at radius 2 is 1.64 bits per heavy atom. The molecule has 7 nitrogen and oxygen atoms in total. The largest absolute Gasteiger partial charge is 0.465 e. The van der Waals surface area contributed by atoms with Gasteiger partial charge in [0, 0.05) is 26.0 Å². The Balaban J connectivity index is 1.70. The van der Waals surface area contributed by atoms with Gasteiger partial charge in [0.15, 0.2) is 0 Å². The van der Waals surface area contributed by atoms with Gasteiger partial charge in [-0.2, -0.15) is 0 Å². The molecule has 1 heterocycles. The highest BCUT2D eigenvalue weighted by Gasteiger charge is 2.15. The molecule has 1 N–H and O–H groups in total. The van der Waals surface area contributed by atoms with E-state index in [1.165, 1.54) is 19.5 Å². The van der Waals surface area contributed by atoms with E-state index in [2.05, 4.69) is 15.3 Å². The Kier molecular flexibility index (Phi) is 5.96. The molecule has 0 aliphatic heterocycles. The third kappa shape index (κ3) is 4.50. The lowest BCUT2D eigenvalue weighted by Gasteiger charge is -2.17. The molecule has 0 bridgehead atoms. The summed E-state index contributed by atoms with van der Waals surface area (Å²) >= 11 is 0. The highest BCUT2D eigenvalue weighted by atomic mass is 16.5. The van der Waals surface area contributed by atoms with Gasteiger partial charge in [-0.15, -0.1) is 0 Å². The fourth-order valence-electron chi connectivity index (χ4n) is 2.65. The molecular formula is C21H20N4O3. The summed E-state index contributed by atoms with van der Waals surface area (Å²) in [5, 5.41) is 2.97. The van der Waals surface area contributed by atoms with E-state index >= 15 is 0 Å². The van der Waals surface area contributed by atoms with Crippen molar-refractivity contribution in [1.29, 1.82) is 0 Å². The normalized spacial score (nSPS) is 10.2. The Bertz CT molecular complexity index is 959. The molecule has 0 atom stereocenters. The maximum Gasteiger partial charge on any atom is 0.339 e. The molecule has 1 aromatic heterocycles. The van der Waals surface area contributed by atoms with Crippen molar-refractivity contribution >= 4 is 23.5 Å². The van der Waals surface area contributed by atoms with Gasteiger partial charge in [-0.3, -0.25) is 4.79 Å². The minimum Gasteiger partial charge on any atom is -0.465 e. The smallest absolute Gasteiger partial charge is 0.339 e. The number of hydrogen-bond donors (Lipinski definition) is 1. The minimum absolute atomic E-state index is 0.176. The lowest BCUT2D eigenvalue weighted by molar-refractivity contribution is 0.0601. The van der Waals surface area contributed by atoms with Crippen LogP contribution in [0.4, 0.5) is 11.6 Å². The second-order valence-electron chi connectivity index (χ2n) is 6.10. The number of anilines is 2. The Morgan fingerprint density at radius 1 is 1.00 bits per heavy atom. The van der Waals surface area contributed by atoms with E-state index < -0.39 is 5.97 Å². The van der Waals surface area contributed by atoms with E-state index in [1.54, 1.807) is 36.2 Å². The molecule has 0 fully saturated rings. The summed E-state index contributed by atoms with van der Waals surface area (Å²) in [5.74, 6) is -0.360. The molecule has 7 heteroatoms. The molecule has 28 heavy (non-hydrogen) atoms. The molecule has 0 aliphatic rings. The standard InChI is InChI=1S/C21H20N4O3/c1-25(14-15-8-4-3-5-9-15)19(26)16-12-22-21(23-13-16)24-18-11-7-6-10-17(18)20(27)28-2/h3-13H,14H2,1-2H3,(H,22,23,24). The second-order valence-corrected chi connectivity index (χ2v) is 6.10. The lowest BCUT2D eigenvalue weighted by atomic mass is 10.2. The number of aromatic nitrogens is 2. The van der Waals surface area contributed by atoms with Crippen LogP contribution in [0.2, 0.25) is 0 Å². The summed E-state index contributed by atoms with van der Waals surface area (Å²) in [6.07, 6.45) is 2.92. The average Bonchev–Trinajstić information content (AvgIpc) is 2.74. The van der Waals surface area contributed by atoms with E-state index in [0.717, 1.165) is 5.56 Å².